The van der Waals surface area contributed by atoms with Gasteiger partial charge in [-0.2, -0.15) is 0 Å². The fraction of sp³-hybridized carbons (Fsp3) is 0.571. The predicted octanol–water partition coefficient (Wildman–Crippen LogP) is 3.20. The number of sulfonamides is 1. The lowest BCUT2D eigenvalue weighted by Gasteiger charge is -2.32. The molecule has 1 aromatic heterocycles. The van der Waals surface area contributed by atoms with Gasteiger partial charge in [0.2, 0.25) is 27.7 Å². The number of aromatic nitrogens is 1. The summed E-state index contributed by atoms with van der Waals surface area (Å²) in [6.45, 7) is 2.38. The highest BCUT2D eigenvalue weighted by atomic mass is 32.2. The first-order valence-corrected chi connectivity index (χ1v) is 18.8. The summed E-state index contributed by atoms with van der Waals surface area (Å²) in [5.74, 6) is -4.11. The Labute approximate surface area is 299 Å². The Morgan fingerprint density at radius 2 is 1.94 bits per heavy atom. The summed E-state index contributed by atoms with van der Waals surface area (Å²) in [5.41, 5.74) is -1.70. The van der Waals surface area contributed by atoms with Gasteiger partial charge in [-0.3, -0.25) is 19.1 Å². The maximum absolute atomic E-state index is 14.8. The van der Waals surface area contributed by atoms with Gasteiger partial charge >= 0.3 is 6.09 Å². The predicted molar refractivity (Wildman–Crippen MR) is 183 cm³/mol. The largest absolute Gasteiger partial charge is 0.494 e. The van der Waals surface area contributed by atoms with E-state index in [2.05, 4.69) is 15.6 Å². The van der Waals surface area contributed by atoms with Crippen LogP contribution in [-0.4, -0.2) is 96.0 Å². The maximum atomic E-state index is 14.8. The van der Waals surface area contributed by atoms with E-state index in [4.69, 9.17) is 9.47 Å². The van der Waals surface area contributed by atoms with Gasteiger partial charge in [-0.05, 0) is 73.9 Å². The maximum Gasteiger partial charge on any atom is 0.405 e. The van der Waals surface area contributed by atoms with E-state index in [9.17, 15) is 41.5 Å². The molecule has 4 N–H and O–H groups in total. The van der Waals surface area contributed by atoms with E-state index in [1.165, 1.54) is 30.3 Å². The van der Waals surface area contributed by atoms with Crippen molar-refractivity contribution in [3.05, 3.63) is 42.4 Å². The Morgan fingerprint density at radius 3 is 2.62 bits per heavy atom. The third-order valence-corrected chi connectivity index (χ3v) is 12.9. The molecule has 6 rings (SSSR count). The highest BCUT2D eigenvalue weighted by Crippen LogP contribution is 2.48. The molecule has 2 aliphatic carbocycles. The first-order valence-electron chi connectivity index (χ1n) is 17.3. The summed E-state index contributed by atoms with van der Waals surface area (Å²) in [5, 5.41) is 15.6. The molecule has 2 aromatic rings. The fourth-order valence-corrected chi connectivity index (χ4v) is 8.86. The quantitative estimate of drug-likeness (QED) is 0.292. The van der Waals surface area contributed by atoms with E-state index in [1.807, 2.05) is 17.7 Å². The highest BCUT2D eigenvalue weighted by Gasteiger charge is 2.64. The zero-order valence-electron chi connectivity index (χ0n) is 29.1. The molecule has 17 heteroatoms. The number of alkyl halides is 1. The summed E-state index contributed by atoms with van der Waals surface area (Å²) in [4.78, 5) is 59.7. The lowest BCUT2D eigenvalue weighted by molar-refractivity contribution is -0.142. The first kappa shape index (κ1) is 37.2. The second-order valence-corrected chi connectivity index (χ2v) is 16.7. The second kappa shape index (κ2) is 14.1. The number of allylic oxidation sites excluding steroid dienone is 1. The Morgan fingerprint density at radius 1 is 1.19 bits per heavy atom. The molecule has 4 aliphatic rings. The van der Waals surface area contributed by atoms with Crippen molar-refractivity contribution in [2.75, 3.05) is 20.3 Å². The van der Waals surface area contributed by atoms with E-state index < -0.39 is 86.6 Å². The van der Waals surface area contributed by atoms with E-state index in [1.54, 1.807) is 19.1 Å². The van der Waals surface area contributed by atoms with Gasteiger partial charge in [0.1, 0.15) is 35.1 Å². The number of methoxy groups -OCH3 is 1. The summed E-state index contributed by atoms with van der Waals surface area (Å²) in [7, 11) is -3.08. The molecule has 0 bridgehead atoms. The van der Waals surface area contributed by atoms with Gasteiger partial charge in [0.05, 0.1) is 13.7 Å². The molecule has 2 saturated carbocycles. The van der Waals surface area contributed by atoms with Crippen LogP contribution < -0.4 is 24.8 Å². The molecule has 4 amide bonds. The molecule has 0 spiro atoms. The van der Waals surface area contributed by atoms with Crippen molar-refractivity contribution in [3.63, 3.8) is 0 Å². The van der Waals surface area contributed by atoms with Crippen LogP contribution >= 0.6 is 0 Å². The Balaban J connectivity index is 1.34. The number of carbonyl (C=O) groups is 4. The van der Waals surface area contributed by atoms with Gasteiger partial charge in [0, 0.05) is 23.9 Å². The number of carboxylic acid groups (broad SMARTS) is 1. The number of hydrogen-bond acceptors (Lipinski definition) is 9. The molecule has 0 unspecified atom stereocenters. The number of pyridine rings is 1. The van der Waals surface area contributed by atoms with Gasteiger partial charge in [0.25, 0.3) is 5.91 Å². The molecule has 282 valence electrons. The average molecular weight is 748 g/mol. The third-order valence-electron chi connectivity index (χ3n) is 10.8. The van der Waals surface area contributed by atoms with Crippen LogP contribution in [0, 0.1) is 23.6 Å². The van der Waals surface area contributed by atoms with Crippen LogP contribution in [0.1, 0.15) is 58.8 Å². The Hall–Kier alpha value is -4.54. The van der Waals surface area contributed by atoms with Crippen molar-refractivity contribution in [3.8, 4) is 11.6 Å². The molecule has 2 aliphatic heterocycles. The minimum atomic E-state index is -4.41. The van der Waals surface area contributed by atoms with E-state index >= 15 is 0 Å². The van der Waals surface area contributed by atoms with Crippen molar-refractivity contribution in [1.29, 1.82) is 0 Å². The van der Waals surface area contributed by atoms with Crippen LogP contribution in [0.5, 0.6) is 11.6 Å². The number of rotatable bonds is 8. The van der Waals surface area contributed by atoms with E-state index in [0.717, 1.165) is 0 Å². The highest BCUT2D eigenvalue weighted by molar-refractivity contribution is 7.91. The minimum Gasteiger partial charge on any atom is -0.494 e. The fourth-order valence-electron chi connectivity index (χ4n) is 7.44. The Bertz CT molecular complexity index is 1910. The molecule has 0 radical (unpaired) electrons. The average Bonchev–Trinajstić information content (AvgIpc) is 4.00. The second-order valence-electron chi connectivity index (χ2n) is 14.6. The summed E-state index contributed by atoms with van der Waals surface area (Å²) < 4.78 is 66.3. The number of amides is 4. The standard InChI is InChI=1S/C35H43F2N5O9S/c1-19-6-4-5-7-22-16-35(22,32(45)41-52(48,49)34(18-36)9-10-34)40-29(43)26-14-23(17-42(26)31(44)28(20(2)12-19)39-33(46)47)51-30-24-15-25(37)27(50-3)13-21(24)8-11-38-30/h5,7-8,11,13,15,19-20,22-23,26,28,39H,4,6,9-10,12,14,16-18H2,1-3H3,(H,40,43)(H,41,45)(H,46,47)/t19-,20-,22-,23-,26+,28+,35-/m1/s1. The van der Waals surface area contributed by atoms with Crippen LogP contribution in [0.15, 0.2) is 36.5 Å². The number of nitrogens with zero attached hydrogens (tertiary/aromatic N) is 2. The van der Waals surface area contributed by atoms with Gasteiger partial charge in [-0.15, -0.1) is 0 Å². The molecule has 3 fully saturated rings. The summed E-state index contributed by atoms with van der Waals surface area (Å²) in [6.07, 6.45) is 4.52. The zero-order valence-corrected chi connectivity index (χ0v) is 29.9. The first-order chi connectivity index (χ1) is 24.6. The number of benzene rings is 1. The summed E-state index contributed by atoms with van der Waals surface area (Å²) >= 11 is 0. The van der Waals surface area contributed by atoms with Gasteiger partial charge in [-0.1, -0.05) is 26.0 Å². The normalized spacial score (nSPS) is 30.2. The van der Waals surface area contributed by atoms with E-state index in [0.29, 0.717) is 30.0 Å². The number of ether oxygens (including phenoxy) is 2. The summed E-state index contributed by atoms with van der Waals surface area (Å²) in [6, 6.07) is 1.78. The lowest BCUT2D eigenvalue weighted by Crippen LogP contribution is -2.59. The van der Waals surface area contributed by atoms with Crippen LogP contribution in [0.25, 0.3) is 10.8 Å². The number of fused-ring (bicyclic) bond motifs is 3. The zero-order chi connectivity index (χ0) is 37.6. The topological polar surface area (TPSA) is 193 Å². The van der Waals surface area contributed by atoms with Crippen molar-refractivity contribution < 1.29 is 51.0 Å². The molecule has 1 aromatic carbocycles. The van der Waals surface area contributed by atoms with Gasteiger partial charge in [-0.25, -0.2) is 27.0 Å². The smallest absolute Gasteiger partial charge is 0.405 e. The molecule has 1 saturated heterocycles. The molecular weight excluding hydrogens is 704 g/mol. The van der Waals surface area contributed by atoms with Crippen molar-refractivity contribution in [1.82, 2.24) is 25.2 Å². The SMILES string of the molecule is COc1cc2ccnc(O[C@@H]3C[C@H]4C(=O)N[C@]5(C(=O)NS(=O)(=O)C6(CF)CC6)C[C@H]5C=CCC[C@@H](C)C[C@@H](C)[C@H](NC(=O)O)C(=O)N4C3)c2cc1F. The van der Waals surface area contributed by atoms with Crippen LogP contribution in [0.2, 0.25) is 0 Å². The molecule has 14 nitrogen and oxygen atoms in total. The molecule has 7 atom stereocenters. The number of carbonyl (C=O) groups excluding carboxylic acids is 3. The minimum absolute atomic E-state index is 0.00933. The molecule has 3 heterocycles. The number of nitrogens with one attached hydrogen (secondary N) is 3. The van der Waals surface area contributed by atoms with Crippen molar-refractivity contribution in [2.45, 2.75) is 87.3 Å². The van der Waals surface area contributed by atoms with Crippen LogP contribution in [-0.2, 0) is 24.4 Å². The third kappa shape index (κ3) is 7.11. The Kier molecular flexibility index (Phi) is 10.1. The van der Waals surface area contributed by atoms with E-state index in [-0.39, 0.29) is 49.8 Å². The lowest BCUT2D eigenvalue weighted by atomic mass is 9.88. The number of halogens is 2. The van der Waals surface area contributed by atoms with Gasteiger partial charge in [0.15, 0.2) is 11.6 Å². The van der Waals surface area contributed by atoms with Crippen LogP contribution in [0.3, 0.4) is 0 Å². The monoisotopic (exact) mass is 747 g/mol. The molecule has 52 heavy (non-hydrogen) atoms. The van der Waals surface area contributed by atoms with Crippen LogP contribution in [0.4, 0.5) is 13.6 Å². The van der Waals surface area contributed by atoms with Gasteiger partial charge < -0.3 is 30.1 Å². The van der Waals surface area contributed by atoms with Crippen molar-refractivity contribution >= 4 is 44.6 Å². The van der Waals surface area contributed by atoms with Crippen molar-refractivity contribution in [2.24, 2.45) is 17.8 Å². The number of hydrogen-bond donors (Lipinski definition) is 4. The molecular formula is C35H43F2N5O9S.